The molecule has 2 nitrogen and oxygen atoms in total. The summed E-state index contributed by atoms with van der Waals surface area (Å²) < 4.78 is 0. The molecule has 1 aromatic rings. The number of hydrogen-bond donors (Lipinski definition) is 1. The topological polar surface area (TPSA) is 29.1 Å². The van der Waals surface area contributed by atoms with Crippen molar-refractivity contribution in [2.45, 2.75) is 19.9 Å². The molecular weight excluding hydrogens is 245 g/mol. The molecule has 4 heteroatoms. The second-order valence-corrected chi connectivity index (χ2v) is 4.52. The van der Waals surface area contributed by atoms with Crippen molar-refractivity contribution in [2.24, 2.45) is 5.92 Å². The number of halogens is 2. The van der Waals surface area contributed by atoms with Gasteiger partial charge in [-0.1, -0.05) is 36.7 Å². The van der Waals surface area contributed by atoms with Crippen molar-refractivity contribution in [3.8, 4) is 0 Å². The third-order valence-electron chi connectivity index (χ3n) is 2.41. The van der Waals surface area contributed by atoms with E-state index in [4.69, 9.17) is 23.2 Å². The molecule has 1 amide bonds. The van der Waals surface area contributed by atoms with E-state index in [2.05, 4.69) is 5.32 Å². The maximum absolute atomic E-state index is 11.6. The van der Waals surface area contributed by atoms with Crippen LogP contribution in [0.4, 0.5) is 0 Å². The lowest BCUT2D eigenvalue weighted by atomic mass is 10.1. The molecule has 2 unspecified atom stereocenters. The van der Waals surface area contributed by atoms with Crippen LogP contribution in [-0.4, -0.2) is 11.8 Å². The zero-order valence-electron chi connectivity index (χ0n) is 9.34. The van der Waals surface area contributed by atoms with E-state index in [9.17, 15) is 4.79 Å². The highest BCUT2D eigenvalue weighted by Crippen LogP contribution is 2.22. The average molecular weight is 260 g/mol. The van der Waals surface area contributed by atoms with E-state index in [1.165, 1.54) is 0 Å². The summed E-state index contributed by atoms with van der Waals surface area (Å²) in [5.41, 5.74) is 0.916. The van der Waals surface area contributed by atoms with Crippen LogP contribution in [0.15, 0.2) is 24.3 Å². The summed E-state index contributed by atoms with van der Waals surface area (Å²) >= 11 is 11.7. The van der Waals surface area contributed by atoms with Gasteiger partial charge in [-0.2, -0.15) is 0 Å². The Hall–Kier alpha value is -0.730. The lowest BCUT2D eigenvalue weighted by molar-refractivity contribution is -0.124. The molecule has 0 saturated carbocycles. The van der Waals surface area contributed by atoms with Crippen molar-refractivity contribution in [1.82, 2.24) is 5.32 Å². The number of carbonyl (C=O) groups excluding carboxylic acids is 1. The van der Waals surface area contributed by atoms with Crippen LogP contribution < -0.4 is 5.32 Å². The summed E-state index contributed by atoms with van der Waals surface area (Å²) in [5.74, 6) is 0.0789. The van der Waals surface area contributed by atoms with Crippen LogP contribution in [0.25, 0.3) is 0 Å². The number of rotatable bonds is 4. The van der Waals surface area contributed by atoms with Crippen LogP contribution in [0.5, 0.6) is 0 Å². The molecule has 0 aromatic heterocycles. The summed E-state index contributed by atoms with van der Waals surface area (Å²) in [5, 5.41) is 3.54. The minimum Gasteiger partial charge on any atom is -0.349 e. The number of amides is 1. The second-order valence-electron chi connectivity index (χ2n) is 3.81. The third-order valence-corrected chi connectivity index (χ3v) is 3.22. The van der Waals surface area contributed by atoms with E-state index < -0.39 is 0 Å². The van der Waals surface area contributed by atoms with E-state index in [1.807, 2.05) is 31.2 Å². The minimum absolute atomic E-state index is 0.0533. The van der Waals surface area contributed by atoms with Gasteiger partial charge in [0.25, 0.3) is 0 Å². The van der Waals surface area contributed by atoms with E-state index >= 15 is 0 Å². The molecule has 0 aliphatic carbocycles. The molecule has 1 rings (SSSR count). The molecule has 0 saturated heterocycles. The Bertz CT molecular complexity index is 368. The van der Waals surface area contributed by atoms with E-state index in [-0.39, 0.29) is 17.9 Å². The SMILES string of the molecule is CC(CCl)C(=O)NC(C)c1ccccc1Cl. The number of hydrogen-bond acceptors (Lipinski definition) is 1. The first-order chi connectivity index (χ1) is 7.56. The largest absolute Gasteiger partial charge is 0.349 e. The van der Waals surface area contributed by atoms with Crippen LogP contribution in [0.1, 0.15) is 25.5 Å². The molecule has 16 heavy (non-hydrogen) atoms. The maximum Gasteiger partial charge on any atom is 0.224 e. The molecule has 0 radical (unpaired) electrons. The zero-order chi connectivity index (χ0) is 12.1. The fourth-order valence-corrected chi connectivity index (χ4v) is 1.77. The Morgan fingerprint density at radius 1 is 1.38 bits per heavy atom. The van der Waals surface area contributed by atoms with E-state index in [0.29, 0.717) is 10.9 Å². The van der Waals surface area contributed by atoms with Gasteiger partial charge in [-0.3, -0.25) is 4.79 Å². The first-order valence-corrected chi connectivity index (χ1v) is 6.08. The Morgan fingerprint density at radius 3 is 2.56 bits per heavy atom. The summed E-state index contributed by atoms with van der Waals surface area (Å²) in [7, 11) is 0. The van der Waals surface area contributed by atoms with Gasteiger partial charge in [-0.15, -0.1) is 11.6 Å². The van der Waals surface area contributed by atoms with Crippen LogP contribution >= 0.6 is 23.2 Å². The highest BCUT2D eigenvalue weighted by Gasteiger charge is 2.16. The van der Waals surface area contributed by atoms with Gasteiger partial charge in [0.05, 0.1) is 6.04 Å². The van der Waals surface area contributed by atoms with E-state index in [1.54, 1.807) is 6.92 Å². The number of benzene rings is 1. The molecular formula is C12H15Cl2NO. The highest BCUT2D eigenvalue weighted by atomic mass is 35.5. The standard InChI is InChI=1S/C12H15Cl2NO/c1-8(7-13)12(16)15-9(2)10-5-3-4-6-11(10)14/h3-6,8-9H,7H2,1-2H3,(H,15,16). The van der Waals surface area contributed by atoms with Gasteiger partial charge >= 0.3 is 0 Å². The molecule has 0 aliphatic rings. The fourth-order valence-electron chi connectivity index (χ4n) is 1.33. The Morgan fingerprint density at radius 2 is 2.00 bits per heavy atom. The van der Waals surface area contributed by atoms with Crippen molar-refractivity contribution in [1.29, 1.82) is 0 Å². The van der Waals surface area contributed by atoms with Gasteiger partial charge < -0.3 is 5.32 Å². The summed E-state index contributed by atoms with van der Waals surface area (Å²) in [4.78, 5) is 11.6. The van der Waals surface area contributed by atoms with E-state index in [0.717, 1.165) is 5.56 Å². The molecule has 2 atom stereocenters. The number of carbonyl (C=O) groups is 1. The van der Waals surface area contributed by atoms with Gasteiger partial charge in [-0.25, -0.2) is 0 Å². The van der Waals surface area contributed by atoms with Crippen molar-refractivity contribution in [2.75, 3.05) is 5.88 Å². The smallest absolute Gasteiger partial charge is 0.224 e. The summed E-state index contributed by atoms with van der Waals surface area (Å²) in [6, 6.07) is 7.37. The quantitative estimate of drug-likeness (QED) is 0.826. The molecule has 1 aromatic carbocycles. The highest BCUT2D eigenvalue weighted by molar-refractivity contribution is 6.31. The molecule has 88 valence electrons. The van der Waals surface area contributed by atoms with Gasteiger partial charge in [0.15, 0.2) is 0 Å². The first kappa shape index (κ1) is 13.3. The Kier molecular flexibility index (Phi) is 5.10. The predicted octanol–water partition coefficient (Wildman–Crippen LogP) is 3.39. The number of alkyl halides is 1. The maximum atomic E-state index is 11.6. The van der Waals surface area contributed by atoms with Crippen LogP contribution in [0.2, 0.25) is 5.02 Å². The summed E-state index contributed by atoms with van der Waals surface area (Å²) in [6.45, 7) is 3.70. The monoisotopic (exact) mass is 259 g/mol. The van der Waals surface area contributed by atoms with Gasteiger partial charge in [0.1, 0.15) is 0 Å². The van der Waals surface area contributed by atoms with Crippen LogP contribution in [0.3, 0.4) is 0 Å². The van der Waals surface area contributed by atoms with Crippen molar-refractivity contribution in [3.05, 3.63) is 34.9 Å². The van der Waals surface area contributed by atoms with Gasteiger partial charge in [0, 0.05) is 16.8 Å². The lowest BCUT2D eigenvalue weighted by Gasteiger charge is -2.17. The normalized spacial score (nSPS) is 14.2. The Labute approximate surface area is 106 Å². The van der Waals surface area contributed by atoms with Gasteiger partial charge in [-0.05, 0) is 18.6 Å². The fraction of sp³-hybridized carbons (Fsp3) is 0.417. The lowest BCUT2D eigenvalue weighted by Crippen LogP contribution is -2.32. The number of nitrogens with one attached hydrogen (secondary N) is 1. The second kappa shape index (κ2) is 6.12. The zero-order valence-corrected chi connectivity index (χ0v) is 10.8. The first-order valence-electron chi connectivity index (χ1n) is 5.17. The van der Waals surface area contributed by atoms with Crippen molar-refractivity contribution >= 4 is 29.1 Å². The van der Waals surface area contributed by atoms with Gasteiger partial charge in [0.2, 0.25) is 5.91 Å². The average Bonchev–Trinajstić information content (AvgIpc) is 2.28. The Balaban J connectivity index is 2.69. The van der Waals surface area contributed by atoms with Crippen molar-refractivity contribution in [3.63, 3.8) is 0 Å². The molecule has 1 N–H and O–H groups in total. The third kappa shape index (κ3) is 3.39. The molecule has 0 aliphatic heterocycles. The molecule has 0 fully saturated rings. The minimum atomic E-state index is -0.188. The van der Waals surface area contributed by atoms with Crippen LogP contribution in [0, 0.1) is 5.92 Å². The van der Waals surface area contributed by atoms with Crippen LogP contribution in [-0.2, 0) is 4.79 Å². The molecule has 0 heterocycles. The predicted molar refractivity (Wildman–Crippen MR) is 67.9 cm³/mol. The van der Waals surface area contributed by atoms with Crippen molar-refractivity contribution < 1.29 is 4.79 Å². The molecule has 0 bridgehead atoms. The molecule has 0 spiro atoms. The summed E-state index contributed by atoms with van der Waals surface area (Å²) in [6.07, 6.45) is 0.